The SMILES string of the molecule is [2H]CO[C@@]1([2H])O[C@]([2H])(CSCCC(=O)O)[C@@]([2H])(O[C@@]2([2H])O[C@]([2H])(CSCCC(=O)O)[C@@]([2H])(O[C@@]3([2H])O[C@]([2H])(CSCCC(=O)O)[C@@]([2H])(O[C@@]4([2H])O[C@]([2H])(CSCCC(=O)O)[C@@]([2H])(O[C@@]5([2H])O[C@]([2H])(CSCCC(=O)O)[C@@]([2H])(O[C@@]6([2H])O[C@]([2H])(CSCCC(=O)O)[C@@]([2H])(O[C@@]7([2H])O[C@]([2H])(CSCCC(=O)O)[C@@]([2H])(O[C@@]8([2H])O[C@]([2H])(CSCCC(=O)O)C[C@]([2H])(O)[C@@]8([2H])O)[C@]([2H])(O)[C@@]7([2H])O)[C@]([2H])(O)[C@@]6([2H])O)[C@]([2H])(O)[C@@]5([2H])O)[C@]([2H])(O)[C@@]4([2H])O)[C@]([2H])(O)[C@@]3([2H])O)[C@]([2H])(O)[C@@]2([2H])O)[C@]([2H])(O)[C@@]1([2H])O. The lowest BCUT2D eigenvalue weighted by Crippen LogP contribution is -2.68. The molecular weight excluding hydrogens is 1900 g/mol. The number of rotatable bonds is 55. The Kier molecular flexibility index (Phi) is 28.2. The molecule has 8 rings (SSSR count). The Labute approximate surface area is 826 Å². The molecule has 8 aliphatic heterocycles. The minimum atomic E-state index is -5.97. The van der Waals surface area contributed by atoms with Crippen LogP contribution in [-0.2, 0) is 114 Å². The van der Waals surface area contributed by atoms with Crippen molar-refractivity contribution in [2.75, 3.05) is 99.1 Å². The fourth-order valence-corrected chi connectivity index (χ4v) is 16.5. The van der Waals surface area contributed by atoms with E-state index in [-0.39, 0.29) is 82.3 Å². The summed E-state index contributed by atoms with van der Waals surface area (Å²) in [5.74, 6) is -37.8. The number of aliphatic hydroxyl groups is 16. The van der Waals surface area contributed by atoms with E-state index >= 15 is 0 Å². The monoisotopic (exact) mass is 2060 g/mol. The number of methoxy groups -OCH3 is 1. The predicted molar refractivity (Wildman–Crippen MR) is 448 cm³/mol. The van der Waals surface area contributed by atoms with E-state index in [9.17, 15) is 203 Å². The van der Waals surface area contributed by atoms with Gasteiger partial charge in [-0.25, -0.2) is 0 Å². The average molecular weight is 2060 g/mol. The van der Waals surface area contributed by atoms with Crippen LogP contribution in [0.5, 0.6) is 0 Å². The third kappa shape index (κ3) is 33.3. The van der Waals surface area contributed by atoms with Crippen LogP contribution in [0.3, 0.4) is 0 Å². The molecule has 0 unspecified atom stereocenters. The van der Waals surface area contributed by atoms with Gasteiger partial charge in [0.2, 0.25) is 0 Å². The molecule has 744 valence electrons. The molecule has 0 aromatic rings. The van der Waals surface area contributed by atoms with Crippen LogP contribution in [0, 0.1) is 0 Å². The van der Waals surface area contributed by atoms with Crippen molar-refractivity contribution in [2.45, 2.75) is 296 Å². The summed E-state index contributed by atoms with van der Waals surface area (Å²) in [6.45, 7) is 0. The Balaban J connectivity index is 1.32. The Hall–Kier alpha value is -2.72. The van der Waals surface area contributed by atoms with Crippen LogP contribution >= 0.6 is 94.1 Å². The highest BCUT2D eigenvalue weighted by Gasteiger charge is 2.60. The fourth-order valence-electron chi connectivity index (χ4n) is 9.73. The third-order valence-corrected chi connectivity index (χ3v) is 23.6. The van der Waals surface area contributed by atoms with Crippen molar-refractivity contribution >= 4 is 142 Å². The number of carboxylic acids is 8. The van der Waals surface area contributed by atoms with Crippen LogP contribution in [0.4, 0.5) is 0 Å². The van der Waals surface area contributed by atoms with Crippen LogP contribution in [0.15, 0.2) is 0 Å². The molecule has 48 nitrogen and oxygen atoms in total. The number of carbonyl (C=O) groups is 8. The highest BCUT2D eigenvalue weighted by atomic mass is 32.2. The number of carboxylic acid groups (broad SMARTS) is 8. The third-order valence-electron chi connectivity index (χ3n) is 15.9. The standard InChI is InChI=1S/C73H116O48S8/c1-106-66-52(99)45(92)59(29(108-66)20-123-11-3-37(77)78)116-68-54(101)47(94)61(31(110-68)22-125-13-5-39(81)82)118-70-56(103)49(96)63(33(112-70)24-127-15-7-41(85)86)120-72-58(105)51(98)65(35(114-72)26-129-17-9-43(89)90)121-73-57(104)50(97)64(34(113-73)25-128-16-8-42(87)88)119-71-55(102)48(95)62(32(111-71)23-126-14-6-40(83)84)117-69-53(100)46(93)60(30(109-69)21-124-12-4-38(79)80)115-67-44(91)28(74)18-27(107-67)19-122-10-2-36(75)76/h27-35,44-74,91-105H,2-26H2,1H3,(H,75,76)(H,77,78)(H,79,80)(H,81,82)(H,83,84)(H,85,86)(H,87,88)(H,89,90)/t27-,28-,29+,30+,31+,32+,33+,34+,35+,44+,45+,46+,47+,48+,49+,50+,51+,52+,53+,54+,55+,56+,57+,58+,59+,60+,61+,62+,63+,64+,65+,66-,67+,68+,69+,70+,71+,72+,73+/m0/s1/i1D,27D,28D,29D,30D,31D,32D,33D,34D,35D,44D,45D,46D,47D,48D,49D,50D,51D,52D,53D,54D,55D,56D,57D,58D,59D,60D,61D,62D,63D,64D,65D,66D,67D,68D,69D,70D,71D,72D,73D. The average Bonchev–Trinajstić information content (AvgIpc) is 0.652. The van der Waals surface area contributed by atoms with Crippen LogP contribution in [0.2, 0.25) is 0 Å². The Morgan fingerprint density at radius 1 is 0.248 bits per heavy atom. The molecule has 0 aromatic carbocycles. The van der Waals surface area contributed by atoms with Crippen LogP contribution in [-0.4, -0.2) is 508 Å². The van der Waals surface area contributed by atoms with Crippen molar-refractivity contribution < 1.29 is 292 Å². The molecule has 0 saturated carbocycles. The second-order valence-corrected chi connectivity index (χ2v) is 34.0. The van der Waals surface area contributed by atoms with Gasteiger partial charge < -0.3 is 198 Å². The summed E-state index contributed by atoms with van der Waals surface area (Å²) in [6.07, 6.45) is -217. The van der Waals surface area contributed by atoms with Crippen LogP contribution in [0.25, 0.3) is 0 Å². The van der Waals surface area contributed by atoms with E-state index in [4.69, 9.17) is 83.4 Å². The molecule has 0 bridgehead atoms. The van der Waals surface area contributed by atoms with Gasteiger partial charge in [-0.1, -0.05) is 0 Å². The summed E-state index contributed by atoms with van der Waals surface area (Å²) in [4.78, 5) is 95.3. The minimum Gasteiger partial charge on any atom is -0.481 e. The minimum absolute atomic E-state index is 0.0635. The van der Waals surface area contributed by atoms with Gasteiger partial charge in [0, 0.05) is 106 Å². The van der Waals surface area contributed by atoms with E-state index < -0.39 is 443 Å². The summed E-state index contributed by atoms with van der Waals surface area (Å²) in [5.41, 5.74) is 0. The molecule has 0 aromatic heterocycles. The molecule has 39 atom stereocenters. The molecule has 0 aliphatic carbocycles. The Bertz CT molecular complexity index is 5580. The van der Waals surface area contributed by atoms with Crippen LogP contribution in [0.1, 0.15) is 113 Å². The summed E-state index contributed by atoms with van der Waals surface area (Å²) in [5, 5.41) is 276. The first kappa shape index (κ1) is 66.0. The normalized spacial score (nSPS) is 66.5. The summed E-state index contributed by atoms with van der Waals surface area (Å²) < 4.78 is 459. The molecule has 8 saturated heterocycles. The van der Waals surface area contributed by atoms with Gasteiger partial charge in [-0.05, 0) is 0 Å². The maximum absolute atomic E-state index is 12.9. The zero-order valence-electron chi connectivity index (χ0n) is 106. The number of hydrogen-bond donors (Lipinski definition) is 24. The molecule has 8 heterocycles. The zero-order chi connectivity index (χ0) is 131. The molecule has 56 heteroatoms. The van der Waals surface area contributed by atoms with Crippen molar-refractivity contribution in [1.82, 2.24) is 0 Å². The van der Waals surface area contributed by atoms with E-state index in [1.54, 1.807) is 0 Å². The quantitative estimate of drug-likeness (QED) is 0.0252. The molecule has 0 spiro atoms. The van der Waals surface area contributed by atoms with Gasteiger partial charge in [0.1, 0.15) is 134 Å². The maximum atomic E-state index is 12.9. The first-order valence-corrected chi connectivity index (χ1v) is 45.3. The van der Waals surface area contributed by atoms with E-state index in [1.807, 2.05) is 0 Å². The Morgan fingerprint density at radius 3 is 0.589 bits per heavy atom. The van der Waals surface area contributed by atoms with Crippen molar-refractivity contribution in [3.63, 3.8) is 0 Å². The first-order valence-electron chi connectivity index (χ1n) is 56.3. The second kappa shape index (κ2) is 55.2. The van der Waals surface area contributed by atoms with Gasteiger partial charge in [0.05, 0.1) is 161 Å². The van der Waals surface area contributed by atoms with Crippen molar-refractivity contribution in [3.05, 3.63) is 0 Å². The zero-order valence-corrected chi connectivity index (χ0v) is 72.2. The number of ether oxygens (including phenoxy) is 16. The molecule has 8 fully saturated rings. The lowest BCUT2D eigenvalue weighted by molar-refractivity contribution is -0.391. The lowest BCUT2D eigenvalue weighted by Gasteiger charge is -2.50. The van der Waals surface area contributed by atoms with Crippen molar-refractivity contribution in [1.29, 1.82) is 0 Å². The number of hydrogen-bond acceptors (Lipinski definition) is 48. The van der Waals surface area contributed by atoms with Crippen molar-refractivity contribution in [3.8, 4) is 0 Å². The number of thioether (sulfide) groups is 8. The van der Waals surface area contributed by atoms with Gasteiger partial charge in [0.25, 0.3) is 0 Å². The molecular formula is C73H116O48S8. The van der Waals surface area contributed by atoms with Gasteiger partial charge in [-0.15, -0.1) is 0 Å². The van der Waals surface area contributed by atoms with Gasteiger partial charge in [-0.3, -0.25) is 38.4 Å². The van der Waals surface area contributed by atoms with Crippen molar-refractivity contribution in [2.24, 2.45) is 0 Å². The van der Waals surface area contributed by atoms with E-state index in [1.165, 1.54) is 0 Å². The first-order chi connectivity index (χ1) is 75.2. The van der Waals surface area contributed by atoms with E-state index in [0.29, 0.717) is 11.8 Å². The smallest absolute Gasteiger partial charge is 0.304 e. The highest BCUT2D eigenvalue weighted by molar-refractivity contribution is 8.00. The molecule has 24 N–H and O–H groups in total. The summed E-state index contributed by atoms with van der Waals surface area (Å²) in [7, 11) is -1.68. The number of aliphatic carboxylic acids is 8. The highest BCUT2D eigenvalue weighted by Crippen LogP contribution is 2.42. The topological polar surface area (TPSA) is 770 Å². The van der Waals surface area contributed by atoms with Gasteiger partial charge in [0.15, 0.2) is 50.1 Å². The van der Waals surface area contributed by atoms with Crippen LogP contribution < -0.4 is 0 Å². The lowest BCUT2D eigenvalue weighted by atomic mass is 9.95. The summed E-state index contributed by atoms with van der Waals surface area (Å²) in [6, 6.07) is 0. The van der Waals surface area contributed by atoms with E-state index in [0.717, 1.165) is 0 Å². The molecule has 0 amide bonds. The van der Waals surface area contributed by atoms with Gasteiger partial charge >= 0.3 is 47.8 Å². The van der Waals surface area contributed by atoms with E-state index in [2.05, 4.69) is 4.74 Å². The largest absolute Gasteiger partial charge is 0.481 e. The predicted octanol–water partition coefficient (Wildman–Crippen LogP) is -7.04. The van der Waals surface area contributed by atoms with Gasteiger partial charge in [-0.2, -0.15) is 94.1 Å². The molecule has 0 radical (unpaired) electrons. The summed E-state index contributed by atoms with van der Waals surface area (Å²) >= 11 is -1.08. The maximum Gasteiger partial charge on any atom is 0.304 e. The second-order valence-electron chi connectivity index (χ2n) is 25.2. The Morgan fingerprint density at radius 2 is 0.411 bits per heavy atom. The fraction of sp³-hybridized carbons (Fsp3) is 0.890. The molecule has 129 heavy (non-hydrogen) atoms. The molecule has 8 aliphatic rings.